The Hall–Kier alpha value is -4.65. The number of fused-ring (bicyclic) bond motifs is 4. The summed E-state index contributed by atoms with van der Waals surface area (Å²) in [5.74, 6) is 2.12. The van der Waals surface area contributed by atoms with E-state index >= 15 is 0 Å². The van der Waals surface area contributed by atoms with Crippen LogP contribution in [0.4, 0.5) is 5.69 Å². The maximum atomic E-state index is 13.9. The number of rotatable bonds is 3. The third-order valence-corrected chi connectivity index (χ3v) is 7.00. The van der Waals surface area contributed by atoms with Crippen LogP contribution in [-0.4, -0.2) is 29.1 Å². The van der Waals surface area contributed by atoms with Crippen molar-refractivity contribution in [2.45, 2.75) is 12.5 Å². The summed E-state index contributed by atoms with van der Waals surface area (Å²) >= 11 is 0. The SMILES string of the molecule is Nc1cccc(-c2ccc(C(=O)N3CCc4c([nH]c5ccccc45)C3c3ccc4c(c3)OCO4)o2)c1. The van der Waals surface area contributed by atoms with E-state index in [4.69, 9.17) is 19.6 Å². The van der Waals surface area contributed by atoms with Gasteiger partial charge in [-0.3, -0.25) is 4.79 Å². The molecule has 5 aromatic rings. The number of nitrogens with one attached hydrogen (secondary N) is 1. The lowest BCUT2D eigenvalue weighted by Crippen LogP contribution is -2.40. The van der Waals surface area contributed by atoms with Gasteiger partial charge >= 0.3 is 0 Å². The van der Waals surface area contributed by atoms with E-state index in [1.807, 2.05) is 65.6 Å². The summed E-state index contributed by atoms with van der Waals surface area (Å²) < 4.78 is 17.2. The molecule has 2 aromatic heterocycles. The van der Waals surface area contributed by atoms with Crippen LogP contribution in [0.25, 0.3) is 22.2 Å². The number of nitrogens with zero attached hydrogens (tertiary/aromatic N) is 1. The van der Waals surface area contributed by atoms with Crippen LogP contribution in [0.1, 0.15) is 33.4 Å². The number of aromatic amines is 1. The zero-order valence-corrected chi connectivity index (χ0v) is 19.4. The fourth-order valence-corrected chi connectivity index (χ4v) is 5.33. The van der Waals surface area contributed by atoms with Gasteiger partial charge in [0.05, 0.1) is 6.04 Å². The average Bonchev–Trinajstić information content (AvgIpc) is 3.65. The third-order valence-electron chi connectivity index (χ3n) is 7.00. The fraction of sp³-hybridized carbons (Fsp3) is 0.138. The van der Waals surface area contributed by atoms with E-state index in [0.29, 0.717) is 29.5 Å². The van der Waals surface area contributed by atoms with Crippen molar-refractivity contribution >= 4 is 22.5 Å². The molecular formula is C29H23N3O4. The molecule has 1 unspecified atom stereocenters. The molecule has 3 N–H and O–H groups in total. The second-order valence-corrected chi connectivity index (χ2v) is 9.12. The van der Waals surface area contributed by atoms with Crippen molar-refractivity contribution in [1.82, 2.24) is 9.88 Å². The minimum Gasteiger partial charge on any atom is -0.454 e. The van der Waals surface area contributed by atoms with Crippen molar-refractivity contribution in [3.05, 3.63) is 101 Å². The lowest BCUT2D eigenvalue weighted by atomic mass is 9.92. The average molecular weight is 478 g/mol. The standard InChI is InChI=1S/C29H23N3O4/c30-19-5-3-4-17(14-19)23-10-11-25(36-23)29(33)32-13-12-21-20-6-1-2-7-22(20)31-27(21)28(32)18-8-9-24-26(15-18)35-16-34-24/h1-11,14-15,28,31H,12-13,16,30H2. The van der Waals surface area contributed by atoms with Crippen molar-refractivity contribution in [3.63, 3.8) is 0 Å². The number of ether oxygens (including phenoxy) is 2. The number of hydrogen-bond acceptors (Lipinski definition) is 5. The Morgan fingerprint density at radius 2 is 1.83 bits per heavy atom. The minimum absolute atomic E-state index is 0.169. The molecule has 0 bridgehead atoms. The van der Waals surface area contributed by atoms with Gasteiger partial charge in [-0.05, 0) is 60.0 Å². The highest BCUT2D eigenvalue weighted by Crippen LogP contribution is 2.42. The van der Waals surface area contributed by atoms with Crippen LogP contribution >= 0.6 is 0 Å². The van der Waals surface area contributed by atoms with Gasteiger partial charge in [0.15, 0.2) is 17.3 Å². The summed E-state index contributed by atoms with van der Waals surface area (Å²) in [7, 11) is 0. The number of nitrogens with two attached hydrogens (primary N) is 1. The molecule has 2 aliphatic rings. The second kappa shape index (κ2) is 7.95. The Balaban J connectivity index is 1.32. The van der Waals surface area contributed by atoms with Gasteiger partial charge < -0.3 is 29.5 Å². The number of carbonyl (C=O) groups excluding carboxylic acids is 1. The van der Waals surface area contributed by atoms with Crippen LogP contribution in [-0.2, 0) is 6.42 Å². The smallest absolute Gasteiger partial charge is 0.290 e. The number of aromatic nitrogens is 1. The van der Waals surface area contributed by atoms with Gasteiger partial charge in [0.2, 0.25) is 6.79 Å². The number of nitrogen functional groups attached to an aromatic ring is 1. The van der Waals surface area contributed by atoms with Crippen molar-refractivity contribution in [1.29, 1.82) is 0 Å². The number of carbonyl (C=O) groups is 1. The van der Waals surface area contributed by atoms with Crippen LogP contribution in [0.15, 0.2) is 83.3 Å². The summed E-state index contributed by atoms with van der Waals surface area (Å²) in [5, 5.41) is 1.19. The number of amides is 1. The Morgan fingerprint density at radius 1 is 0.944 bits per heavy atom. The Kier molecular flexibility index (Phi) is 4.57. The first kappa shape index (κ1) is 20.7. The van der Waals surface area contributed by atoms with Crippen LogP contribution in [0.3, 0.4) is 0 Å². The molecule has 178 valence electrons. The number of para-hydroxylation sites is 1. The number of hydrogen-bond donors (Lipinski definition) is 2. The molecule has 3 aromatic carbocycles. The molecule has 4 heterocycles. The molecule has 1 atom stereocenters. The number of H-pyrrole nitrogens is 1. The molecule has 7 nitrogen and oxygen atoms in total. The van der Waals surface area contributed by atoms with E-state index < -0.39 is 0 Å². The summed E-state index contributed by atoms with van der Waals surface area (Å²) in [6.45, 7) is 0.754. The van der Waals surface area contributed by atoms with Crippen LogP contribution in [0.2, 0.25) is 0 Å². The molecule has 1 amide bonds. The highest BCUT2D eigenvalue weighted by molar-refractivity contribution is 5.94. The van der Waals surface area contributed by atoms with Crippen LogP contribution in [0.5, 0.6) is 11.5 Å². The molecule has 7 rings (SSSR count). The molecule has 2 aliphatic heterocycles. The van der Waals surface area contributed by atoms with Gasteiger partial charge in [0.1, 0.15) is 5.76 Å². The lowest BCUT2D eigenvalue weighted by Gasteiger charge is -2.35. The van der Waals surface area contributed by atoms with E-state index in [-0.39, 0.29) is 24.5 Å². The number of anilines is 1. The number of furan rings is 1. The van der Waals surface area contributed by atoms with Crippen molar-refractivity contribution in [2.24, 2.45) is 0 Å². The normalized spacial score (nSPS) is 16.3. The van der Waals surface area contributed by atoms with Crippen LogP contribution < -0.4 is 15.2 Å². The highest BCUT2D eigenvalue weighted by atomic mass is 16.7. The first-order valence-corrected chi connectivity index (χ1v) is 11.9. The zero-order chi connectivity index (χ0) is 24.2. The van der Waals surface area contributed by atoms with E-state index in [0.717, 1.165) is 28.8 Å². The molecule has 7 heteroatoms. The van der Waals surface area contributed by atoms with Crippen molar-refractivity contribution in [3.8, 4) is 22.8 Å². The number of benzene rings is 3. The molecule has 0 saturated carbocycles. The van der Waals surface area contributed by atoms with E-state index in [1.54, 1.807) is 6.07 Å². The van der Waals surface area contributed by atoms with Crippen molar-refractivity contribution < 1.29 is 18.7 Å². The molecule has 0 aliphatic carbocycles. The molecule has 36 heavy (non-hydrogen) atoms. The first-order chi connectivity index (χ1) is 17.7. The van der Waals surface area contributed by atoms with Crippen molar-refractivity contribution in [2.75, 3.05) is 19.1 Å². The summed E-state index contributed by atoms with van der Waals surface area (Å²) in [6.07, 6.45) is 0.745. The van der Waals surface area contributed by atoms with Gasteiger partial charge in [-0.15, -0.1) is 0 Å². The monoisotopic (exact) mass is 477 g/mol. The van der Waals surface area contributed by atoms with Crippen LogP contribution in [0, 0.1) is 0 Å². The molecule has 0 fully saturated rings. The molecular weight excluding hydrogens is 454 g/mol. The molecule has 0 saturated heterocycles. The Labute approximate surface area is 207 Å². The highest BCUT2D eigenvalue weighted by Gasteiger charge is 2.36. The summed E-state index contributed by atoms with van der Waals surface area (Å²) in [4.78, 5) is 19.4. The second-order valence-electron chi connectivity index (χ2n) is 9.12. The van der Waals surface area contributed by atoms with E-state index in [2.05, 4.69) is 17.1 Å². The molecule has 0 radical (unpaired) electrons. The Bertz CT molecular complexity index is 1630. The van der Waals surface area contributed by atoms with Gasteiger partial charge in [-0.25, -0.2) is 0 Å². The predicted molar refractivity (Wildman–Crippen MR) is 136 cm³/mol. The summed E-state index contributed by atoms with van der Waals surface area (Å²) in [6, 6.07) is 24.8. The predicted octanol–water partition coefficient (Wildman–Crippen LogP) is 5.53. The van der Waals surface area contributed by atoms with Gasteiger partial charge in [0, 0.05) is 34.4 Å². The third kappa shape index (κ3) is 3.24. The van der Waals surface area contributed by atoms with Gasteiger partial charge in [-0.2, -0.15) is 0 Å². The fourth-order valence-electron chi connectivity index (χ4n) is 5.33. The minimum atomic E-state index is -0.330. The topological polar surface area (TPSA) is 93.7 Å². The van der Waals surface area contributed by atoms with Gasteiger partial charge in [0.25, 0.3) is 5.91 Å². The Morgan fingerprint density at radius 3 is 2.75 bits per heavy atom. The van der Waals surface area contributed by atoms with Gasteiger partial charge in [-0.1, -0.05) is 36.4 Å². The lowest BCUT2D eigenvalue weighted by molar-refractivity contribution is 0.0660. The maximum absolute atomic E-state index is 13.9. The molecule has 0 spiro atoms. The maximum Gasteiger partial charge on any atom is 0.290 e. The largest absolute Gasteiger partial charge is 0.454 e. The van der Waals surface area contributed by atoms with E-state index in [9.17, 15) is 4.79 Å². The quantitative estimate of drug-likeness (QED) is 0.334. The first-order valence-electron chi connectivity index (χ1n) is 11.9. The zero-order valence-electron chi connectivity index (χ0n) is 19.4. The van der Waals surface area contributed by atoms with E-state index in [1.165, 1.54) is 10.9 Å². The summed E-state index contributed by atoms with van der Waals surface area (Å²) in [5.41, 5.74) is 11.7.